The van der Waals surface area contributed by atoms with Crippen molar-refractivity contribution in [1.29, 1.82) is 0 Å². The molecule has 58 heavy (non-hydrogen) atoms. The first kappa shape index (κ1) is 34.0. The van der Waals surface area contributed by atoms with Crippen molar-refractivity contribution in [2.75, 3.05) is 4.90 Å². The average molecular weight is 756 g/mol. The Balaban J connectivity index is 1.13. The molecule has 2 heteroatoms. The largest absolute Gasteiger partial charge is 0.310 e. The van der Waals surface area contributed by atoms with Crippen LogP contribution in [-0.2, 0) is 0 Å². The number of para-hydroxylation sites is 1. The van der Waals surface area contributed by atoms with Gasteiger partial charge in [0.25, 0.3) is 0 Å². The Bertz CT molecular complexity index is 3260. The number of fused-ring (bicyclic) bond motifs is 5. The van der Waals surface area contributed by atoms with Gasteiger partial charge in [-0.15, -0.1) is 11.3 Å². The van der Waals surface area contributed by atoms with E-state index in [-0.39, 0.29) is 0 Å². The van der Waals surface area contributed by atoms with Crippen LogP contribution in [0.15, 0.2) is 224 Å². The lowest BCUT2D eigenvalue weighted by molar-refractivity contribution is 1.30. The molecule has 0 atom stereocenters. The molecular formula is C56H37NS. The molecule has 10 aromatic carbocycles. The van der Waals surface area contributed by atoms with Gasteiger partial charge in [-0.05, 0) is 115 Å². The van der Waals surface area contributed by atoms with Crippen LogP contribution in [0.25, 0.3) is 86.2 Å². The van der Waals surface area contributed by atoms with E-state index in [1.165, 1.54) is 86.2 Å². The third-order valence-corrected chi connectivity index (χ3v) is 12.6. The predicted molar refractivity (Wildman–Crippen MR) is 251 cm³/mol. The van der Waals surface area contributed by atoms with Gasteiger partial charge < -0.3 is 4.90 Å². The van der Waals surface area contributed by atoms with E-state index in [4.69, 9.17) is 0 Å². The number of thiophene rings is 1. The molecule has 0 fully saturated rings. The van der Waals surface area contributed by atoms with Crippen molar-refractivity contribution < 1.29 is 0 Å². The van der Waals surface area contributed by atoms with E-state index in [9.17, 15) is 0 Å². The molecule has 0 aliphatic heterocycles. The Hall–Kier alpha value is -7.26. The zero-order valence-electron chi connectivity index (χ0n) is 31.7. The zero-order chi connectivity index (χ0) is 38.4. The molecule has 272 valence electrons. The monoisotopic (exact) mass is 755 g/mol. The van der Waals surface area contributed by atoms with Crippen LogP contribution >= 0.6 is 11.3 Å². The Labute approximate surface area is 342 Å². The van der Waals surface area contributed by atoms with Gasteiger partial charge >= 0.3 is 0 Å². The third kappa shape index (κ3) is 5.86. The smallest absolute Gasteiger partial charge is 0.0555 e. The summed E-state index contributed by atoms with van der Waals surface area (Å²) in [5.74, 6) is 0. The highest BCUT2D eigenvalue weighted by Crippen LogP contribution is 2.50. The maximum absolute atomic E-state index is 2.44. The molecule has 0 unspecified atom stereocenters. The van der Waals surface area contributed by atoms with Gasteiger partial charge in [-0.2, -0.15) is 0 Å². The first-order valence-electron chi connectivity index (χ1n) is 19.8. The quantitative estimate of drug-likeness (QED) is 0.157. The molecule has 1 heterocycles. The fourth-order valence-electron chi connectivity index (χ4n) is 8.76. The molecule has 1 aromatic heterocycles. The number of rotatable bonds is 7. The maximum atomic E-state index is 2.44. The first-order chi connectivity index (χ1) is 28.8. The lowest BCUT2D eigenvalue weighted by atomic mass is 9.84. The van der Waals surface area contributed by atoms with Crippen LogP contribution in [0.3, 0.4) is 0 Å². The van der Waals surface area contributed by atoms with E-state index in [1.807, 2.05) is 11.3 Å². The number of nitrogens with zero attached hydrogens (tertiary/aromatic N) is 1. The Morgan fingerprint density at radius 3 is 1.66 bits per heavy atom. The number of anilines is 3. The van der Waals surface area contributed by atoms with E-state index in [1.54, 1.807) is 0 Å². The third-order valence-electron chi connectivity index (χ3n) is 11.4. The van der Waals surface area contributed by atoms with E-state index in [0.717, 1.165) is 17.1 Å². The van der Waals surface area contributed by atoms with Crippen molar-refractivity contribution in [3.8, 4) is 44.5 Å². The Morgan fingerprint density at radius 2 is 0.897 bits per heavy atom. The van der Waals surface area contributed by atoms with Gasteiger partial charge in [-0.3, -0.25) is 0 Å². The second-order valence-electron chi connectivity index (χ2n) is 14.8. The minimum atomic E-state index is 1.10. The number of benzene rings is 10. The van der Waals surface area contributed by atoms with Gasteiger partial charge in [-0.25, -0.2) is 0 Å². The lowest BCUT2D eigenvalue weighted by Gasteiger charge is -2.27. The van der Waals surface area contributed by atoms with Crippen molar-refractivity contribution in [3.05, 3.63) is 224 Å². The van der Waals surface area contributed by atoms with Gasteiger partial charge in [-0.1, -0.05) is 176 Å². The molecular weight excluding hydrogens is 719 g/mol. The number of hydrogen-bond acceptors (Lipinski definition) is 2. The summed E-state index contributed by atoms with van der Waals surface area (Å²) in [5, 5.41) is 7.53. The summed E-state index contributed by atoms with van der Waals surface area (Å²) in [4.78, 5) is 2.44. The second-order valence-corrected chi connectivity index (χ2v) is 15.9. The molecule has 0 aliphatic rings. The normalized spacial score (nSPS) is 11.4. The SMILES string of the molecule is c1ccc(-c2cc3ccccc3c(-c3ccccc3)c2-c2ccc(N(c3ccccc3)c3ccc(-c4ccc5ccccc5c4)c4sc5ccccc5c34)cc2)cc1. The summed E-state index contributed by atoms with van der Waals surface area (Å²) in [6, 6.07) is 81.9. The molecule has 0 amide bonds. The summed E-state index contributed by atoms with van der Waals surface area (Å²) in [5.41, 5.74) is 13.2. The summed E-state index contributed by atoms with van der Waals surface area (Å²) < 4.78 is 2.58. The molecule has 0 saturated carbocycles. The highest BCUT2D eigenvalue weighted by molar-refractivity contribution is 7.26. The van der Waals surface area contributed by atoms with Crippen LogP contribution in [0, 0.1) is 0 Å². The van der Waals surface area contributed by atoms with E-state index in [0.29, 0.717) is 0 Å². The van der Waals surface area contributed by atoms with Crippen LogP contribution in [0.4, 0.5) is 17.1 Å². The highest BCUT2D eigenvalue weighted by Gasteiger charge is 2.23. The fraction of sp³-hybridized carbons (Fsp3) is 0. The second kappa shape index (κ2) is 14.4. The number of hydrogen-bond donors (Lipinski definition) is 0. The maximum Gasteiger partial charge on any atom is 0.0555 e. The lowest BCUT2D eigenvalue weighted by Crippen LogP contribution is -2.10. The van der Waals surface area contributed by atoms with Gasteiger partial charge in [0, 0.05) is 31.5 Å². The molecule has 11 aromatic rings. The zero-order valence-corrected chi connectivity index (χ0v) is 32.5. The molecule has 0 saturated heterocycles. The van der Waals surface area contributed by atoms with Crippen molar-refractivity contribution in [1.82, 2.24) is 0 Å². The molecule has 0 N–H and O–H groups in total. The predicted octanol–water partition coefficient (Wildman–Crippen LogP) is 16.5. The highest BCUT2D eigenvalue weighted by atomic mass is 32.1. The first-order valence-corrected chi connectivity index (χ1v) is 20.7. The van der Waals surface area contributed by atoms with Crippen LogP contribution in [-0.4, -0.2) is 0 Å². The fourth-order valence-corrected chi connectivity index (χ4v) is 10.0. The molecule has 0 spiro atoms. The van der Waals surface area contributed by atoms with Gasteiger partial charge in [0.05, 0.1) is 5.69 Å². The van der Waals surface area contributed by atoms with E-state index < -0.39 is 0 Å². The summed E-state index contributed by atoms with van der Waals surface area (Å²) in [6.07, 6.45) is 0. The van der Waals surface area contributed by atoms with Crippen LogP contribution in [0.2, 0.25) is 0 Å². The van der Waals surface area contributed by atoms with E-state index in [2.05, 4.69) is 229 Å². The standard InChI is InChI=1S/C56H37NS/c1-4-17-39(18-5-1)50-37-43-22-12-13-25-47(43)53(40-19-6-2-7-20-40)54(50)41-30-32-46(33-31-41)57(45-23-8-3-9-24-45)51-35-34-48(44-29-28-38-16-10-11-21-42(38)36-44)56-55(51)49-26-14-15-27-52(49)58-56/h1-37H. The van der Waals surface area contributed by atoms with Crippen LogP contribution in [0.1, 0.15) is 0 Å². The molecule has 11 rings (SSSR count). The van der Waals surface area contributed by atoms with E-state index >= 15 is 0 Å². The Morgan fingerprint density at radius 1 is 0.328 bits per heavy atom. The van der Waals surface area contributed by atoms with Crippen molar-refractivity contribution in [3.63, 3.8) is 0 Å². The van der Waals surface area contributed by atoms with Crippen molar-refractivity contribution >= 4 is 70.1 Å². The summed E-state index contributed by atoms with van der Waals surface area (Å²) in [6.45, 7) is 0. The van der Waals surface area contributed by atoms with Crippen molar-refractivity contribution in [2.24, 2.45) is 0 Å². The van der Waals surface area contributed by atoms with Crippen LogP contribution < -0.4 is 4.90 Å². The molecule has 1 nitrogen and oxygen atoms in total. The minimum absolute atomic E-state index is 1.10. The van der Waals surface area contributed by atoms with Crippen LogP contribution in [0.5, 0.6) is 0 Å². The Kier molecular flexibility index (Phi) is 8.42. The molecule has 0 bridgehead atoms. The molecule has 0 aliphatic carbocycles. The average Bonchev–Trinajstić information content (AvgIpc) is 3.70. The summed E-state index contributed by atoms with van der Waals surface area (Å²) >= 11 is 1.88. The van der Waals surface area contributed by atoms with Gasteiger partial charge in [0.1, 0.15) is 0 Å². The topological polar surface area (TPSA) is 3.24 Å². The van der Waals surface area contributed by atoms with Gasteiger partial charge in [0.15, 0.2) is 0 Å². The summed E-state index contributed by atoms with van der Waals surface area (Å²) in [7, 11) is 0. The minimum Gasteiger partial charge on any atom is -0.310 e. The van der Waals surface area contributed by atoms with Gasteiger partial charge in [0.2, 0.25) is 0 Å². The van der Waals surface area contributed by atoms with Crippen molar-refractivity contribution in [2.45, 2.75) is 0 Å². The molecule has 0 radical (unpaired) electrons.